The molecule has 39 heavy (non-hydrogen) atoms. The average molecular weight is 503 g/mol. The van der Waals surface area contributed by atoms with E-state index in [4.69, 9.17) is 19.9 Å². The van der Waals surface area contributed by atoms with Crippen LogP contribution in [0, 0.1) is 0 Å². The molecule has 7 rings (SSSR count). The molecule has 0 spiro atoms. The van der Waals surface area contributed by atoms with E-state index >= 15 is 0 Å². The summed E-state index contributed by atoms with van der Waals surface area (Å²) in [5.74, 6) is 1.90. The molecule has 0 aliphatic heterocycles. The first kappa shape index (κ1) is 23.2. The molecule has 0 radical (unpaired) electrons. The summed E-state index contributed by atoms with van der Waals surface area (Å²) in [6.45, 7) is 4.57. The molecule has 1 aliphatic rings. The van der Waals surface area contributed by atoms with Gasteiger partial charge in [-0.3, -0.25) is 4.98 Å². The predicted molar refractivity (Wildman–Crippen MR) is 157 cm³/mol. The zero-order chi connectivity index (χ0) is 26.4. The third kappa shape index (κ3) is 4.02. The first-order valence-electron chi connectivity index (χ1n) is 13.2. The molecule has 4 aromatic carbocycles. The third-order valence-corrected chi connectivity index (χ3v) is 7.60. The smallest absolute Gasteiger partial charge is 0.165 e. The molecule has 0 fully saturated rings. The summed E-state index contributed by atoms with van der Waals surface area (Å²) in [5.41, 5.74) is 9.88. The first-order valence-corrected chi connectivity index (χ1v) is 13.2. The van der Waals surface area contributed by atoms with Crippen LogP contribution < -0.4 is 0 Å². The quantitative estimate of drug-likeness (QED) is 0.244. The molecule has 0 atom stereocenters. The molecule has 4 nitrogen and oxygen atoms in total. The molecule has 0 amide bonds. The molecular formula is C35H26N4. The van der Waals surface area contributed by atoms with Gasteiger partial charge in [-0.15, -0.1) is 0 Å². The average Bonchev–Trinajstić information content (AvgIpc) is 3.24. The van der Waals surface area contributed by atoms with Gasteiger partial charge in [-0.1, -0.05) is 111 Å². The van der Waals surface area contributed by atoms with Crippen molar-refractivity contribution in [2.24, 2.45) is 0 Å². The number of fused-ring (bicyclic) bond motifs is 3. The Morgan fingerprint density at radius 3 is 1.72 bits per heavy atom. The molecule has 0 saturated carbocycles. The summed E-state index contributed by atoms with van der Waals surface area (Å²) >= 11 is 0. The number of aromatic nitrogens is 4. The van der Waals surface area contributed by atoms with E-state index in [0.717, 1.165) is 27.9 Å². The van der Waals surface area contributed by atoms with Crippen molar-refractivity contribution in [1.82, 2.24) is 19.9 Å². The predicted octanol–water partition coefficient (Wildman–Crippen LogP) is 8.24. The molecule has 0 bridgehead atoms. The minimum absolute atomic E-state index is 0.1000. The van der Waals surface area contributed by atoms with Gasteiger partial charge in [-0.25, -0.2) is 15.0 Å². The molecule has 2 heterocycles. The molecule has 0 saturated heterocycles. The summed E-state index contributed by atoms with van der Waals surface area (Å²) < 4.78 is 0. The van der Waals surface area contributed by atoms with Crippen molar-refractivity contribution >= 4 is 0 Å². The Balaban J connectivity index is 1.35. The Labute approximate surface area is 228 Å². The van der Waals surface area contributed by atoms with Crippen LogP contribution >= 0.6 is 0 Å². The highest BCUT2D eigenvalue weighted by Gasteiger charge is 2.35. The second-order valence-corrected chi connectivity index (χ2v) is 10.4. The standard InChI is InChI=1S/C35H26N4/c1-35(2)29-16-10-9-15-27(29)28-19-17-25(21-30(28)35)33-37-32(24-13-7-4-8-14-24)38-34(39-33)26-18-20-31(36-22-26)23-11-5-3-6-12-23/h3-22H,1-2H3. The van der Waals surface area contributed by atoms with Crippen LogP contribution in [0.2, 0.25) is 0 Å². The lowest BCUT2D eigenvalue weighted by Gasteiger charge is -2.21. The second kappa shape index (κ2) is 9.10. The van der Waals surface area contributed by atoms with Crippen LogP contribution in [-0.4, -0.2) is 19.9 Å². The summed E-state index contributed by atoms with van der Waals surface area (Å²) in [6.07, 6.45) is 1.85. The van der Waals surface area contributed by atoms with Gasteiger partial charge in [0.15, 0.2) is 17.5 Å². The topological polar surface area (TPSA) is 51.6 Å². The van der Waals surface area contributed by atoms with Crippen molar-refractivity contribution < 1.29 is 0 Å². The minimum Gasteiger partial charge on any atom is -0.255 e. The largest absolute Gasteiger partial charge is 0.255 e. The van der Waals surface area contributed by atoms with Gasteiger partial charge in [-0.05, 0) is 40.5 Å². The molecule has 186 valence electrons. The van der Waals surface area contributed by atoms with E-state index in [0.29, 0.717) is 17.5 Å². The van der Waals surface area contributed by atoms with Crippen LogP contribution in [-0.2, 0) is 5.41 Å². The molecule has 1 aliphatic carbocycles. The van der Waals surface area contributed by atoms with Gasteiger partial charge in [0.25, 0.3) is 0 Å². The Morgan fingerprint density at radius 2 is 1.03 bits per heavy atom. The van der Waals surface area contributed by atoms with Crippen molar-refractivity contribution in [2.45, 2.75) is 19.3 Å². The van der Waals surface area contributed by atoms with Crippen molar-refractivity contribution in [3.05, 3.63) is 133 Å². The fourth-order valence-electron chi connectivity index (χ4n) is 5.50. The Morgan fingerprint density at radius 1 is 0.462 bits per heavy atom. The molecule has 0 unspecified atom stereocenters. The number of nitrogens with zero attached hydrogens (tertiary/aromatic N) is 4. The molecule has 2 aromatic heterocycles. The van der Waals surface area contributed by atoms with Crippen LogP contribution in [0.3, 0.4) is 0 Å². The van der Waals surface area contributed by atoms with Gasteiger partial charge in [0.1, 0.15) is 0 Å². The molecule has 0 N–H and O–H groups in total. The van der Waals surface area contributed by atoms with E-state index in [1.165, 1.54) is 22.3 Å². The van der Waals surface area contributed by atoms with Crippen molar-refractivity contribution in [3.63, 3.8) is 0 Å². The third-order valence-electron chi connectivity index (χ3n) is 7.60. The van der Waals surface area contributed by atoms with Gasteiger partial charge < -0.3 is 0 Å². The summed E-state index contributed by atoms with van der Waals surface area (Å²) in [5, 5.41) is 0. The van der Waals surface area contributed by atoms with Gasteiger partial charge in [0.05, 0.1) is 5.69 Å². The van der Waals surface area contributed by atoms with E-state index < -0.39 is 0 Å². The molecule has 6 aromatic rings. The van der Waals surface area contributed by atoms with E-state index in [-0.39, 0.29) is 5.41 Å². The highest BCUT2D eigenvalue weighted by molar-refractivity contribution is 5.83. The summed E-state index contributed by atoms with van der Waals surface area (Å²) in [6, 6.07) is 39.5. The van der Waals surface area contributed by atoms with E-state index in [9.17, 15) is 0 Å². The molecular weight excluding hydrogens is 476 g/mol. The van der Waals surface area contributed by atoms with Crippen molar-refractivity contribution in [1.29, 1.82) is 0 Å². The van der Waals surface area contributed by atoms with Crippen LogP contribution in [0.1, 0.15) is 25.0 Å². The number of benzene rings is 4. The zero-order valence-corrected chi connectivity index (χ0v) is 21.8. The Kier molecular flexibility index (Phi) is 5.41. The first-order chi connectivity index (χ1) is 19.1. The van der Waals surface area contributed by atoms with Crippen LogP contribution in [0.5, 0.6) is 0 Å². The lowest BCUT2D eigenvalue weighted by Crippen LogP contribution is -2.15. The van der Waals surface area contributed by atoms with E-state index in [1.54, 1.807) is 0 Å². The highest BCUT2D eigenvalue weighted by atomic mass is 15.0. The fraction of sp³-hybridized carbons (Fsp3) is 0.0857. The lowest BCUT2D eigenvalue weighted by molar-refractivity contribution is 0.660. The Hall–Kier alpha value is -4.96. The van der Waals surface area contributed by atoms with Crippen molar-refractivity contribution in [2.75, 3.05) is 0 Å². The van der Waals surface area contributed by atoms with Gasteiger partial charge >= 0.3 is 0 Å². The second-order valence-electron chi connectivity index (χ2n) is 10.4. The molecule has 4 heteroatoms. The number of hydrogen-bond acceptors (Lipinski definition) is 4. The number of pyridine rings is 1. The maximum atomic E-state index is 4.96. The van der Waals surface area contributed by atoms with Crippen LogP contribution in [0.4, 0.5) is 0 Å². The summed E-state index contributed by atoms with van der Waals surface area (Å²) in [4.78, 5) is 19.5. The fourth-order valence-corrected chi connectivity index (χ4v) is 5.50. The lowest BCUT2D eigenvalue weighted by atomic mass is 9.82. The van der Waals surface area contributed by atoms with Crippen LogP contribution in [0.25, 0.3) is 56.5 Å². The van der Waals surface area contributed by atoms with E-state index in [1.807, 2.05) is 66.9 Å². The monoisotopic (exact) mass is 502 g/mol. The normalized spacial score (nSPS) is 13.1. The maximum Gasteiger partial charge on any atom is 0.165 e. The summed E-state index contributed by atoms with van der Waals surface area (Å²) in [7, 11) is 0. The highest BCUT2D eigenvalue weighted by Crippen LogP contribution is 2.49. The zero-order valence-electron chi connectivity index (χ0n) is 21.8. The SMILES string of the molecule is CC1(C)c2ccccc2-c2ccc(-c3nc(-c4ccccc4)nc(-c4ccc(-c5ccccc5)nc4)n3)cc21. The van der Waals surface area contributed by atoms with Gasteiger partial charge in [0, 0.05) is 33.9 Å². The van der Waals surface area contributed by atoms with Gasteiger partial charge in [0.2, 0.25) is 0 Å². The van der Waals surface area contributed by atoms with Gasteiger partial charge in [-0.2, -0.15) is 0 Å². The van der Waals surface area contributed by atoms with Crippen LogP contribution in [0.15, 0.2) is 121 Å². The maximum absolute atomic E-state index is 4.96. The number of rotatable bonds is 4. The van der Waals surface area contributed by atoms with E-state index in [2.05, 4.69) is 68.4 Å². The Bertz CT molecular complexity index is 1810. The minimum atomic E-state index is -0.1000. The number of hydrogen-bond donors (Lipinski definition) is 0. The van der Waals surface area contributed by atoms with Crippen molar-refractivity contribution in [3.8, 4) is 56.5 Å².